The van der Waals surface area contributed by atoms with Crippen LogP contribution < -0.4 is 4.90 Å². The zero-order chi connectivity index (χ0) is 21.1. The summed E-state index contributed by atoms with van der Waals surface area (Å²) in [5.41, 5.74) is 5.05. The van der Waals surface area contributed by atoms with Crippen LogP contribution in [0.15, 0.2) is 55.0 Å². The normalized spacial score (nSPS) is 16.2. The van der Waals surface area contributed by atoms with Crippen molar-refractivity contribution >= 4 is 5.69 Å². The molecule has 4 rings (SSSR count). The SMILES string of the molecule is COC1(C)CN(c2cc(Cc3cnccn3)nc(C[C@@H](C)c3ccc(F)cc3)c2)C1. The van der Waals surface area contributed by atoms with E-state index in [-0.39, 0.29) is 17.3 Å². The molecule has 0 spiro atoms. The number of methoxy groups -OCH3 is 1. The van der Waals surface area contributed by atoms with E-state index < -0.39 is 0 Å². The molecule has 3 heterocycles. The summed E-state index contributed by atoms with van der Waals surface area (Å²) in [4.78, 5) is 15.8. The molecule has 0 saturated carbocycles. The molecule has 0 N–H and O–H groups in total. The van der Waals surface area contributed by atoms with Crippen LogP contribution in [0.3, 0.4) is 0 Å². The zero-order valence-corrected chi connectivity index (χ0v) is 17.7. The van der Waals surface area contributed by atoms with Crippen molar-refractivity contribution in [1.82, 2.24) is 15.0 Å². The van der Waals surface area contributed by atoms with Gasteiger partial charge in [0, 0.05) is 62.3 Å². The van der Waals surface area contributed by atoms with Crippen molar-refractivity contribution in [3.8, 4) is 0 Å². The minimum atomic E-state index is -0.212. The Kier molecular flexibility index (Phi) is 5.77. The molecule has 1 atom stereocenters. The van der Waals surface area contributed by atoms with Gasteiger partial charge in [-0.3, -0.25) is 15.0 Å². The van der Waals surface area contributed by atoms with Gasteiger partial charge in [-0.25, -0.2) is 4.39 Å². The van der Waals surface area contributed by atoms with Gasteiger partial charge in [0.25, 0.3) is 0 Å². The fourth-order valence-corrected chi connectivity index (χ4v) is 3.91. The van der Waals surface area contributed by atoms with Crippen molar-refractivity contribution in [3.63, 3.8) is 0 Å². The molecule has 0 bridgehead atoms. The third-order valence-electron chi connectivity index (χ3n) is 5.76. The molecule has 30 heavy (non-hydrogen) atoms. The molecule has 0 radical (unpaired) electrons. The highest BCUT2D eigenvalue weighted by Gasteiger charge is 2.39. The smallest absolute Gasteiger partial charge is 0.123 e. The van der Waals surface area contributed by atoms with Gasteiger partial charge in [-0.1, -0.05) is 19.1 Å². The van der Waals surface area contributed by atoms with E-state index in [9.17, 15) is 4.39 Å². The van der Waals surface area contributed by atoms with Gasteiger partial charge in [-0.2, -0.15) is 0 Å². The predicted molar refractivity (Wildman–Crippen MR) is 115 cm³/mol. The molecular weight excluding hydrogens is 379 g/mol. The summed E-state index contributed by atoms with van der Waals surface area (Å²) in [5, 5.41) is 0. The van der Waals surface area contributed by atoms with Crippen LogP contribution in [0.2, 0.25) is 0 Å². The van der Waals surface area contributed by atoms with Crippen LogP contribution in [0.1, 0.15) is 42.4 Å². The molecule has 0 unspecified atom stereocenters. The molecule has 3 aromatic rings. The average Bonchev–Trinajstić information content (AvgIpc) is 2.72. The molecular formula is C24H27FN4O. The van der Waals surface area contributed by atoms with E-state index in [0.29, 0.717) is 6.42 Å². The van der Waals surface area contributed by atoms with Crippen LogP contribution in [0.4, 0.5) is 10.1 Å². The molecule has 2 aromatic heterocycles. The van der Waals surface area contributed by atoms with Crippen LogP contribution in [-0.4, -0.2) is 40.8 Å². The summed E-state index contributed by atoms with van der Waals surface area (Å²) in [5.74, 6) is 0.0228. The number of benzene rings is 1. The first-order valence-corrected chi connectivity index (χ1v) is 10.2. The van der Waals surface area contributed by atoms with E-state index in [1.54, 1.807) is 25.7 Å². The molecule has 1 aromatic carbocycles. The molecule has 1 saturated heterocycles. The number of halogens is 1. The summed E-state index contributed by atoms with van der Waals surface area (Å²) in [6.07, 6.45) is 6.57. The maximum atomic E-state index is 13.3. The van der Waals surface area contributed by atoms with E-state index in [2.05, 4.69) is 40.8 Å². The number of nitrogens with zero attached hydrogens (tertiary/aromatic N) is 4. The molecule has 5 nitrogen and oxygen atoms in total. The lowest BCUT2D eigenvalue weighted by Gasteiger charge is -2.48. The maximum Gasteiger partial charge on any atom is 0.123 e. The Morgan fingerprint density at radius 3 is 2.50 bits per heavy atom. The summed E-state index contributed by atoms with van der Waals surface area (Å²) < 4.78 is 18.9. The van der Waals surface area contributed by atoms with Gasteiger partial charge in [-0.05, 0) is 49.1 Å². The molecule has 1 aliphatic rings. The van der Waals surface area contributed by atoms with Crippen molar-refractivity contribution in [3.05, 3.63) is 83.5 Å². The number of aromatic nitrogens is 3. The predicted octanol–water partition coefficient (Wildman–Crippen LogP) is 4.17. The Balaban J connectivity index is 1.59. The average molecular weight is 407 g/mol. The Morgan fingerprint density at radius 2 is 1.83 bits per heavy atom. The van der Waals surface area contributed by atoms with Crippen molar-refractivity contribution in [2.45, 2.75) is 38.2 Å². The monoisotopic (exact) mass is 406 g/mol. The van der Waals surface area contributed by atoms with Gasteiger partial charge >= 0.3 is 0 Å². The fourth-order valence-electron chi connectivity index (χ4n) is 3.91. The summed E-state index contributed by atoms with van der Waals surface area (Å²) in [7, 11) is 1.76. The third kappa shape index (κ3) is 4.65. The maximum absolute atomic E-state index is 13.3. The Morgan fingerprint density at radius 1 is 1.10 bits per heavy atom. The van der Waals surface area contributed by atoms with Gasteiger partial charge < -0.3 is 9.64 Å². The first-order valence-electron chi connectivity index (χ1n) is 10.2. The van der Waals surface area contributed by atoms with E-state index >= 15 is 0 Å². The highest BCUT2D eigenvalue weighted by molar-refractivity contribution is 5.52. The van der Waals surface area contributed by atoms with E-state index in [1.165, 1.54) is 12.1 Å². The van der Waals surface area contributed by atoms with E-state index in [0.717, 1.165) is 47.8 Å². The minimum absolute atomic E-state index is 0.101. The van der Waals surface area contributed by atoms with Crippen LogP contribution >= 0.6 is 0 Å². The lowest BCUT2D eigenvalue weighted by Crippen LogP contribution is -2.61. The number of pyridine rings is 1. The van der Waals surface area contributed by atoms with Gasteiger partial charge in [0.05, 0.1) is 11.3 Å². The number of rotatable bonds is 7. The second-order valence-electron chi connectivity index (χ2n) is 8.35. The second-order valence-corrected chi connectivity index (χ2v) is 8.35. The summed E-state index contributed by atoms with van der Waals surface area (Å²) in [6, 6.07) is 11.0. The third-order valence-corrected chi connectivity index (χ3v) is 5.76. The number of hydrogen-bond donors (Lipinski definition) is 0. The lowest BCUT2D eigenvalue weighted by molar-refractivity contribution is -0.0167. The molecule has 0 aliphatic carbocycles. The zero-order valence-electron chi connectivity index (χ0n) is 17.7. The van der Waals surface area contributed by atoms with Crippen molar-refractivity contribution in [2.75, 3.05) is 25.1 Å². The fraction of sp³-hybridized carbons (Fsp3) is 0.375. The molecule has 156 valence electrons. The standard InChI is InChI=1S/C24H27FN4O/c1-17(18-4-6-19(25)7-5-18)10-20-12-23(29-15-24(2,16-29)30-3)13-21(28-20)11-22-14-26-8-9-27-22/h4-9,12-14,17H,10-11,15-16H2,1-3H3/t17-/m1/s1. The van der Waals surface area contributed by atoms with Gasteiger partial charge in [0.2, 0.25) is 0 Å². The van der Waals surface area contributed by atoms with Gasteiger partial charge in [0.1, 0.15) is 5.82 Å². The first kappa shape index (κ1) is 20.4. The van der Waals surface area contributed by atoms with Gasteiger partial charge in [-0.15, -0.1) is 0 Å². The van der Waals surface area contributed by atoms with Crippen molar-refractivity contribution in [2.24, 2.45) is 0 Å². The van der Waals surface area contributed by atoms with Gasteiger partial charge in [0.15, 0.2) is 0 Å². The largest absolute Gasteiger partial charge is 0.375 e. The highest BCUT2D eigenvalue weighted by atomic mass is 19.1. The number of hydrogen-bond acceptors (Lipinski definition) is 5. The van der Waals surface area contributed by atoms with E-state index in [1.807, 2.05) is 12.1 Å². The Hall–Kier alpha value is -2.86. The second kappa shape index (κ2) is 8.48. The minimum Gasteiger partial charge on any atom is -0.375 e. The van der Waals surface area contributed by atoms with Crippen molar-refractivity contribution in [1.29, 1.82) is 0 Å². The van der Waals surface area contributed by atoms with Crippen LogP contribution in [0.25, 0.3) is 0 Å². The summed E-state index contributed by atoms with van der Waals surface area (Å²) >= 11 is 0. The highest BCUT2D eigenvalue weighted by Crippen LogP contribution is 2.31. The quantitative estimate of drug-likeness (QED) is 0.589. The molecule has 1 aliphatic heterocycles. The van der Waals surface area contributed by atoms with Crippen LogP contribution in [0, 0.1) is 5.82 Å². The molecule has 1 fully saturated rings. The number of ether oxygens (including phenoxy) is 1. The Labute approximate surface area is 177 Å². The number of anilines is 1. The molecule has 6 heteroatoms. The van der Waals surface area contributed by atoms with Crippen LogP contribution in [0.5, 0.6) is 0 Å². The summed E-state index contributed by atoms with van der Waals surface area (Å²) in [6.45, 7) is 5.98. The Bertz CT molecular complexity index is 988. The van der Waals surface area contributed by atoms with Crippen LogP contribution in [-0.2, 0) is 17.6 Å². The van der Waals surface area contributed by atoms with Crippen molar-refractivity contribution < 1.29 is 9.13 Å². The van der Waals surface area contributed by atoms with E-state index in [4.69, 9.17) is 9.72 Å². The first-order chi connectivity index (χ1) is 14.4. The molecule has 0 amide bonds. The lowest BCUT2D eigenvalue weighted by atomic mass is 9.93. The topological polar surface area (TPSA) is 51.1 Å².